The zero-order valence-electron chi connectivity index (χ0n) is 8.79. The lowest BCUT2D eigenvalue weighted by molar-refractivity contribution is 0.0756. The lowest BCUT2D eigenvalue weighted by Crippen LogP contribution is -2.08. The number of hydrogen-bond acceptors (Lipinski definition) is 3. The second-order valence-electron chi connectivity index (χ2n) is 3.28. The monoisotopic (exact) mass is 290 g/mol. The molecule has 1 aromatic heterocycles. The van der Waals surface area contributed by atoms with Crippen LogP contribution in [0, 0.1) is 0 Å². The van der Waals surface area contributed by atoms with Crippen LogP contribution in [-0.2, 0) is 4.74 Å². The van der Waals surface area contributed by atoms with E-state index in [0.717, 1.165) is 22.2 Å². The van der Waals surface area contributed by atoms with Crippen LogP contribution >= 0.6 is 27.3 Å². The van der Waals surface area contributed by atoms with Gasteiger partial charge < -0.3 is 4.74 Å². The molecule has 4 heteroatoms. The molecule has 0 aliphatic rings. The van der Waals surface area contributed by atoms with Crippen molar-refractivity contribution < 1.29 is 9.53 Å². The molecule has 0 aliphatic heterocycles. The van der Waals surface area contributed by atoms with E-state index in [1.807, 2.05) is 11.4 Å². The van der Waals surface area contributed by atoms with E-state index in [0.29, 0.717) is 6.61 Å². The van der Waals surface area contributed by atoms with Crippen molar-refractivity contribution in [3.8, 4) is 0 Å². The van der Waals surface area contributed by atoms with E-state index in [1.54, 1.807) is 0 Å². The number of halogens is 1. The molecule has 0 fully saturated rings. The second kappa shape index (κ2) is 7.14. The SMILES string of the molecule is CCCCCOCC(=O)c1sccc1Br. The molecule has 0 aliphatic carbocycles. The number of thiophene rings is 1. The Morgan fingerprint density at radius 3 is 2.93 bits per heavy atom. The Hall–Kier alpha value is -0.190. The van der Waals surface area contributed by atoms with Crippen molar-refractivity contribution >= 4 is 33.0 Å². The number of hydrogen-bond donors (Lipinski definition) is 0. The summed E-state index contributed by atoms with van der Waals surface area (Å²) in [4.78, 5) is 12.4. The number of ether oxygens (including phenoxy) is 1. The van der Waals surface area contributed by atoms with Gasteiger partial charge >= 0.3 is 0 Å². The Kier molecular flexibility index (Phi) is 6.13. The molecule has 2 nitrogen and oxygen atoms in total. The number of Topliss-reactive ketones (excluding diaryl/α,β-unsaturated/α-hetero) is 1. The molecule has 0 spiro atoms. The quantitative estimate of drug-likeness (QED) is 0.562. The number of carbonyl (C=O) groups is 1. The van der Waals surface area contributed by atoms with Gasteiger partial charge in [0.25, 0.3) is 0 Å². The van der Waals surface area contributed by atoms with E-state index in [-0.39, 0.29) is 12.4 Å². The Bertz CT molecular complexity index is 309. The minimum Gasteiger partial charge on any atom is -0.373 e. The number of carbonyl (C=O) groups excluding carboxylic acids is 1. The fourth-order valence-electron chi connectivity index (χ4n) is 1.18. The molecule has 1 rings (SSSR count). The molecular weight excluding hydrogens is 276 g/mol. The van der Waals surface area contributed by atoms with Crippen LogP contribution < -0.4 is 0 Å². The average molecular weight is 291 g/mol. The van der Waals surface area contributed by atoms with Gasteiger partial charge in [-0.2, -0.15) is 0 Å². The van der Waals surface area contributed by atoms with Gasteiger partial charge in [0.05, 0.1) is 4.88 Å². The molecule has 1 aromatic rings. The minimum absolute atomic E-state index is 0.0633. The van der Waals surface area contributed by atoms with Crippen molar-refractivity contribution in [3.63, 3.8) is 0 Å². The fraction of sp³-hybridized carbons (Fsp3) is 0.545. The third kappa shape index (κ3) is 4.45. The molecule has 0 amide bonds. The van der Waals surface area contributed by atoms with Crippen molar-refractivity contribution in [2.45, 2.75) is 26.2 Å². The van der Waals surface area contributed by atoms with Crippen LogP contribution in [-0.4, -0.2) is 19.0 Å². The molecule has 0 N–H and O–H groups in total. The van der Waals surface area contributed by atoms with Gasteiger partial charge in [-0.1, -0.05) is 19.8 Å². The molecule has 15 heavy (non-hydrogen) atoms. The maximum absolute atomic E-state index is 11.6. The van der Waals surface area contributed by atoms with Crippen molar-refractivity contribution in [2.75, 3.05) is 13.2 Å². The lowest BCUT2D eigenvalue weighted by atomic mass is 10.3. The Labute approximate surface area is 103 Å². The fourth-order valence-corrected chi connectivity index (χ4v) is 2.70. The summed E-state index contributed by atoms with van der Waals surface area (Å²) in [6, 6.07) is 1.88. The first-order valence-electron chi connectivity index (χ1n) is 5.09. The number of rotatable bonds is 7. The first-order valence-corrected chi connectivity index (χ1v) is 6.77. The average Bonchev–Trinajstić information content (AvgIpc) is 2.64. The molecule has 0 radical (unpaired) electrons. The Morgan fingerprint density at radius 1 is 1.53 bits per heavy atom. The molecule has 0 atom stereocenters. The lowest BCUT2D eigenvalue weighted by Gasteiger charge is -2.02. The van der Waals surface area contributed by atoms with Crippen LogP contribution in [0.2, 0.25) is 0 Å². The van der Waals surface area contributed by atoms with E-state index < -0.39 is 0 Å². The van der Waals surface area contributed by atoms with Gasteiger partial charge in [0, 0.05) is 11.1 Å². The zero-order chi connectivity index (χ0) is 11.1. The topological polar surface area (TPSA) is 26.3 Å². The van der Waals surface area contributed by atoms with Crippen LogP contribution in [0.5, 0.6) is 0 Å². The summed E-state index contributed by atoms with van der Waals surface area (Å²) in [5.74, 6) is 0.0633. The molecule has 1 heterocycles. The highest BCUT2D eigenvalue weighted by Gasteiger charge is 2.10. The summed E-state index contributed by atoms with van der Waals surface area (Å²) in [5, 5.41) is 1.90. The molecule has 84 valence electrons. The predicted octanol–water partition coefficient (Wildman–Crippen LogP) is 3.90. The second-order valence-corrected chi connectivity index (χ2v) is 5.05. The van der Waals surface area contributed by atoms with Crippen LogP contribution in [0.4, 0.5) is 0 Å². The maximum Gasteiger partial charge on any atom is 0.199 e. The van der Waals surface area contributed by atoms with E-state index >= 15 is 0 Å². The van der Waals surface area contributed by atoms with Crippen LogP contribution in [0.25, 0.3) is 0 Å². The Morgan fingerprint density at radius 2 is 2.33 bits per heavy atom. The van der Waals surface area contributed by atoms with Crippen molar-refractivity contribution in [1.82, 2.24) is 0 Å². The maximum atomic E-state index is 11.6. The standard InChI is InChI=1S/C11H15BrO2S/c1-2-3-4-6-14-8-10(13)11-9(12)5-7-15-11/h5,7H,2-4,6,8H2,1H3. The van der Waals surface area contributed by atoms with E-state index in [2.05, 4.69) is 22.9 Å². The third-order valence-electron chi connectivity index (χ3n) is 2.00. The molecule has 0 saturated heterocycles. The third-order valence-corrected chi connectivity index (χ3v) is 3.87. The largest absolute Gasteiger partial charge is 0.373 e. The van der Waals surface area contributed by atoms with E-state index in [4.69, 9.17) is 4.74 Å². The van der Waals surface area contributed by atoms with Crippen LogP contribution in [0.15, 0.2) is 15.9 Å². The normalized spacial score (nSPS) is 10.5. The summed E-state index contributed by atoms with van der Waals surface area (Å²) in [6.07, 6.45) is 3.38. The summed E-state index contributed by atoms with van der Waals surface area (Å²) < 4.78 is 6.18. The van der Waals surface area contributed by atoms with Gasteiger partial charge in [0.15, 0.2) is 5.78 Å². The van der Waals surface area contributed by atoms with Gasteiger partial charge in [-0.25, -0.2) is 0 Å². The highest BCUT2D eigenvalue weighted by Crippen LogP contribution is 2.22. The van der Waals surface area contributed by atoms with E-state index in [1.165, 1.54) is 17.8 Å². The molecule has 0 bridgehead atoms. The van der Waals surface area contributed by atoms with Gasteiger partial charge in [-0.05, 0) is 33.8 Å². The highest BCUT2D eigenvalue weighted by atomic mass is 79.9. The smallest absolute Gasteiger partial charge is 0.199 e. The highest BCUT2D eigenvalue weighted by molar-refractivity contribution is 9.10. The molecular formula is C11H15BrO2S. The first-order chi connectivity index (χ1) is 7.25. The minimum atomic E-state index is 0.0633. The summed E-state index contributed by atoms with van der Waals surface area (Å²) in [5.41, 5.74) is 0. The molecule has 0 aromatic carbocycles. The predicted molar refractivity (Wildman–Crippen MR) is 66.7 cm³/mol. The van der Waals surface area contributed by atoms with Gasteiger partial charge in [0.2, 0.25) is 0 Å². The van der Waals surface area contributed by atoms with Crippen molar-refractivity contribution in [2.24, 2.45) is 0 Å². The van der Waals surface area contributed by atoms with Crippen LogP contribution in [0.3, 0.4) is 0 Å². The van der Waals surface area contributed by atoms with Gasteiger partial charge in [-0.15, -0.1) is 11.3 Å². The molecule has 0 saturated carbocycles. The Balaban J connectivity index is 2.22. The number of ketones is 1. The first kappa shape index (κ1) is 12.9. The van der Waals surface area contributed by atoms with Crippen LogP contribution in [0.1, 0.15) is 35.9 Å². The number of unbranched alkanes of at least 4 members (excludes halogenated alkanes) is 2. The molecule has 0 unspecified atom stereocenters. The summed E-state index contributed by atoms with van der Waals surface area (Å²) in [6.45, 7) is 3.03. The zero-order valence-corrected chi connectivity index (χ0v) is 11.2. The van der Waals surface area contributed by atoms with Gasteiger partial charge in [-0.3, -0.25) is 4.79 Å². The van der Waals surface area contributed by atoms with E-state index in [9.17, 15) is 4.79 Å². The summed E-state index contributed by atoms with van der Waals surface area (Å²) in [7, 11) is 0. The van der Waals surface area contributed by atoms with Crippen molar-refractivity contribution in [3.05, 3.63) is 20.8 Å². The summed E-state index contributed by atoms with van der Waals surface area (Å²) >= 11 is 4.78. The van der Waals surface area contributed by atoms with Crippen molar-refractivity contribution in [1.29, 1.82) is 0 Å². The van der Waals surface area contributed by atoms with Gasteiger partial charge in [0.1, 0.15) is 6.61 Å².